The third kappa shape index (κ3) is 3.91. The van der Waals surface area contributed by atoms with Gasteiger partial charge in [-0.25, -0.2) is 0 Å². The number of ether oxygens (including phenoxy) is 2. The number of nitrogens with zero attached hydrogens (tertiary/aromatic N) is 3. The molecule has 39 heavy (non-hydrogen) atoms. The Kier molecular flexibility index (Phi) is 6.69. The number of benzene rings is 2. The van der Waals surface area contributed by atoms with Gasteiger partial charge in [-0.3, -0.25) is 19.4 Å². The zero-order valence-electron chi connectivity index (χ0n) is 23.0. The number of ketones is 1. The van der Waals surface area contributed by atoms with Crippen LogP contribution in [0.4, 0.5) is 0 Å². The second kappa shape index (κ2) is 9.74. The van der Waals surface area contributed by atoms with Gasteiger partial charge in [0.2, 0.25) is 5.78 Å². The number of hydrogen-bond donors (Lipinski definition) is 3. The molecule has 5 atom stereocenters. The predicted octanol–water partition coefficient (Wildman–Crippen LogP) is 2.21. The van der Waals surface area contributed by atoms with Crippen molar-refractivity contribution in [2.75, 3.05) is 27.8 Å². The van der Waals surface area contributed by atoms with Crippen LogP contribution >= 0.6 is 0 Å². The summed E-state index contributed by atoms with van der Waals surface area (Å²) < 4.78 is 11.1. The summed E-state index contributed by atoms with van der Waals surface area (Å²) in [5.41, 5.74) is 4.78. The quantitative estimate of drug-likeness (QED) is 0.494. The molecule has 1 fully saturated rings. The normalized spacial score (nSPS) is 25.5. The number of likely N-dealkylation sites (N-methyl/N-ethyl adjacent to an activating group) is 1. The molecule has 3 N–H and O–H groups in total. The molecule has 3 heterocycles. The summed E-state index contributed by atoms with van der Waals surface area (Å²) in [6.45, 7) is 4.96. The SMILES string of the molecule is COc1c(C)cc2c(c1O)[C@@H]1[C@@H]3Cc4cc(C)c(OC)c(O)c4[C@H](CNC(=O)C(C)=O)N3[C@@H](C#N)[C@H](C2)N1C. The highest BCUT2D eigenvalue weighted by atomic mass is 16.5. The molecule has 0 spiro atoms. The standard InChI is InChI=1S/C29H34N4O6/c1-13-7-16-10-19-24-23-17(8-14(2)28(39-6)26(23)36)9-18(32(24)4)20(11-30)33(19)21(12-31-29(37)15(3)34)22(16)25(35)27(13)38-5/h7-8,18-21,24,35-36H,9-10,12H2,1-6H3,(H,31,37)/t18-,19-,20-,21-,24-/m0/s1. The summed E-state index contributed by atoms with van der Waals surface area (Å²) in [5, 5.41) is 36.0. The number of carbonyl (C=O) groups excluding carboxylic acids is 2. The average Bonchev–Trinajstić information content (AvgIpc) is 2.88. The molecule has 0 radical (unpaired) electrons. The van der Waals surface area contributed by atoms with Crippen molar-refractivity contribution in [3.63, 3.8) is 0 Å². The molecule has 2 aromatic rings. The van der Waals surface area contributed by atoms with Gasteiger partial charge in [-0.1, -0.05) is 12.1 Å². The van der Waals surface area contributed by atoms with Crippen LogP contribution in [0.1, 0.15) is 52.4 Å². The topological polar surface area (TPSA) is 135 Å². The number of amides is 1. The maximum atomic E-state index is 12.3. The zero-order chi connectivity index (χ0) is 28.3. The highest BCUT2D eigenvalue weighted by Crippen LogP contribution is 2.55. The van der Waals surface area contributed by atoms with Crippen LogP contribution in [0.5, 0.6) is 23.0 Å². The van der Waals surface area contributed by atoms with Gasteiger partial charge in [0, 0.05) is 36.7 Å². The van der Waals surface area contributed by atoms with Gasteiger partial charge in [0.15, 0.2) is 23.0 Å². The number of aromatic hydroxyl groups is 2. The van der Waals surface area contributed by atoms with Crippen LogP contribution in [0, 0.1) is 25.2 Å². The van der Waals surface area contributed by atoms with Crippen LogP contribution < -0.4 is 14.8 Å². The summed E-state index contributed by atoms with van der Waals surface area (Å²) in [6.07, 6.45) is 1.02. The number of aryl methyl sites for hydroxylation is 2. The van der Waals surface area contributed by atoms with Crippen LogP contribution in [0.25, 0.3) is 0 Å². The van der Waals surface area contributed by atoms with Crippen molar-refractivity contribution in [1.29, 1.82) is 5.26 Å². The van der Waals surface area contributed by atoms with E-state index in [1.54, 1.807) is 0 Å². The van der Waals surface area contributed by atoms with Gasteiger partial charge in [0.05, 0.1) is 32.4 Å². The first kappa shape index (κ1) is 26.8. The van der Waals surface area contributed by atoms with E-state index in [0.29, 0.717) is 29.9 Å². The first-order valence-electron chi connectivity index (χ1n) is 13.0. The number of nitrogens with one attached hydrogen (secondary N) is 1. The molecule has 10 nitrogen and oxygen atoms in total. The van der Waals surface area contributed by atoms with Crippen LogP contribution in [-0.2, 0) is 22.4 Å². The summed E-state index contributed by atoms with van der Waals surface area (Å²) >= 11 is 0. The van der Waals surface area contributed by atoms with Gasteiger partial charge in [0.1, 0.15) is 6.04 Å². The van der Waals surface area contributed by atoms with Crippen LogP contribution in [0.2, 0.25) is 0 Å². The Morgan fingerprint density at radius 1 is 1.03 bits per heavy atom. The highest BCUT2D eigenvalue weighted by molar-refractivity contribution is 6.35. The molecule has 206 valence electrons. The van der Waals surface area contributed by atoms with Crippen molar-refractivity contribution in [3.05, 3.63) is 45.5 Å². The maximum Gasteiger partial charge on any atom is 0.287 e. The van der Waals surface area contributed by atoms with E-state index in [4.69, 9.17) is 9.47 Å². The van der Waals surface area contributed by atoms with Crippen LogP contribution in [0.15, 0.2) is 12.1 Å². The molecule has 0 unspecified atom stereocenters. The second-order valence-corrected chi connectivity index (χ2v) is 10.8. The zero-order valence-corrected chi connectivity index (χ0v) is 23.0. The molecule has 3 aliphatic rings. The summed E-state index contributed by atoms with van der Waals surface area (Å²) in [4.78, 5) is 28.3. The van der Waals surface area contributed by atoms with Gasteiger partial charge in [-0.2, -0.15) is 5.26 Å². The number of piperazine rings is 1. The Balaban J connectivity index is 1.73. The van der Waals surface area contributed by atoms with E-state index in [9.17, 15) is 25.1 Å². The summed E-state index contributed by atoms with van der Waals surface area (Å²) in [7, 11) is 5.00. The van der Waals surface area contributed by atoms with Crippen molar-refractivity contribution in [2.45, 2.75) is 63.8 Å². The number of methoxy groups -OCH3 is 2. The molecular formula is C29H34N4O6. The second-order valence-electron chi connectivity index (χ2n) is 10.8. The Morgan fingerprint density at radius 2 is 1.56 bits per heavy atom. The van der Waals surface area contributed by atoms with Crippen LogP contribution in [0.3, 0.4) is 0 Å². The van der Waals surface area contributed by atoms with Crippen LogP contribution in [-0.4, -0.2) is 77.6 Å². The number of hydrogen-bond acceptors (Lipinski definition) is 9. The molecule has 0 aromatic heterocycles. The lowest BCUT2D eigenvalue weighted by molar-refractivity contribution is -0.137. The van der Waals surface area contributed by atoms with Gasteiger partial charge in [-0.15, -0.1) is 0 Å². The van der Waals surface area contributed by atoms with Crippen molar-refractivity contribution in [2.24, 2.45) is 0 Å². The summed E-state index contributed by atoms with van der Waals surface area (Å²) in [6, 6.07) is 4.52. The number of phenols is 2. The van der Waals surface area contributed by atoms with E-state index >= 15 is 0 Å². The van der Waals surface area contributed by atoms with E-state index in [1.807, 2.05) is 33.0 Å². The first-order chi connectivity index (χ1) is 18.5. The molecule has 3 aliphatic heterocycles. The summed E-state index contributed by atoms with van der Waals surface area (Å²) in [5.74, 6) is -0.533. The minimum absolute atomic E-state index is 0.0130. The van der Waals surface area contributed by atoms with Crippen molar-refractivity contribution < 1.29 is 29.3 Å². The largest absolute Gasteiger partial charge is 0.504 e. The molecule has 10 heteroatoms. The van der Waals surface area contributed by atoms with Gasteiger partial charge >= 0.3 is 0 Å². The van der Waals surface area contributed by atoms with Gasteiger partial charge < -0.3 is 25.0 Å². The third-order valence-electron chi connectivity index (χ3n) is 8.69. The number of carbonyl (C=O) groups is 2. The Bertz CT molecular complexity index is 1420. The molecule has 2 bridgehead atoms. The number of rotatable bonds is 5. The number of nitriles is 1. The molecule has 0 saturated carbocycles. The molecule has 5 rings (SSSR count). The Morgan fingerprint density at radius 3 is 2.10 bits per heavy atom. The van der Waals surface area contributed by atoms with E-state index < -0.39 is 23.8 Å². The van der Waals surface area contributed by atoms with Gasteiger partial charge in [0.25, 0.3) is 5.91 Å². The third-order valence-corrected chi connectivity index (χ3v) is 8.69. The fourth-order valence-electron chi connectivity index (χ4n) is 7.12. The number of fused-ring (bicyclic) bond motifs is 7. The van der Waals surface area contributed by atoms with Crippen molar-refractivity contribution in [3.8, 4) is 29.1 Å². The van der Waals surface area contributed by atoms with E-state index in [2.05, 4.69) is 21.2 Å². The van der Waals surface area contributed by atoms with Gasteiger partial charge in [-0.05, 0) is 56.0 Å². The molecule has 0 aliphatic carbocycles. The maximum absolute atomic E-state index is 12.3. The lowest BCUT2D eigenvalue weighted by Gasteiger charge is -2.60. The van der Waals surface area contributed by atoms with Crippen molar-refractivity contribution in [1.82, 2.24) is 15.1 Å². The fourth-order valence-corrected chi connectivity index (χ4v) is 7.12. The number of Topliss-reactive ketones (excluding diaryl/α,β-unsaturated/α-hetero) is 1. The fraction of sp³-hybridized carbons (Fsp3) is 0.483. The Labute approximate surface area is 227 Å². The first-order valence-corrected chi connectivity index (χ1v) is 13.0. The molecular weight excluding hydrogens is 500 g/mol. The number of phenolic OH excluding ortho intramolecular Hbond substituents is 2. The minimum Gasteiger partial charge on any atom is -0.504 e. The minimum atomic E-state index is -0.733. The lowest BCUT2D eigenvalue weighted by atomic mass is 9.72. The van der Waals surface area contributed by atoms with E-state index in [0.717, 1.165) is 27.8 Å². The van der Waals surface area contributed by atoms with Crippen molar-refractivity contribution >= 4 is 11.7 Å². The van der Waals surface area contributed by atoms with E-state index in [1.165, 1.54) is 21.1 Å². The molecule has 1 saturated heterocycles. The smallest absolute Gasteiger partial charge is 0.287 e. The molecule has 2 aromatic carbocycles. The predicted molar refractivity (Wildman–Crippen MR) is 142 cm³/mol. The Hall–Kier alpha value is -3.81. The molecule has 1 amide bonds. The van der Waals surface area contributed by atoms with E-state index in [-0.39, 0.29) is 36.2 Å². The highest BCUT2D eigenvalue weighted by Gasteiger charge is 2.55. The average molecular weight is 535 g/mol. The monoisotopic (exact) mass is 534 g/mol. The lowest BCUT2D eigenvalue weighted by Crippen LogP contribution is -2.68.